The molecule has 0 aliphatic rings. The summed E-state index contributed by atoms with van der Waals surface area (Å²) >= 11 is 0. The summed E-state index contributed by atoms with van der Waals surface area (Å²) in [7, 11) is 3.47. The van der Waals surface area contributed by atoms with Gasteiger partial charge < -0.3 is 9.84 Å². The highest BCUT2D eigenvalue weighted by atomic mass is 16.5. The van der Waals surface area contributed by atoms with Crippen molar-refractivity contribution < 1.29 is 14.6 Å². The average Bonchev–Trinajstić information content (AvgIpc) is 2.35. The smallest absolute Gasteiger partial charge is 0.320 e. The zero-order valence-corrected chi connectivity index (χ0v) is 11.6. The van der Waals surface area contributed by atoms with E-state index in [1.165, 1.54) is 0 Å². The Kier molecular flexibility index (Phi) is 4.73. The van der Waals surface area contributed by atoms with Crippen LogP contribution in [-0.4, -0.2) is 36.2 Å². The number of nitrogens with zero attached hydrogens (tertiary/aromatic N) is 1. The predicted octanol–water partition coefficient (Wildman–Crippen LogP) is 2.47. The molecule has 1 N–H and O–H groups in total. The van der Waals surface area contributed by atoms with Crippen molar-refractivity contribution in [2.75, 3.05) is 14.2 Å². The molecule has 0 aliphatic carbocycles. The van der Waals surface area contributed by atoms with Crippen LogP contribution in [0.5, 0.6) is 5.75 Å². The van der Waals surface area contributed by atoms with Crippen LogP contribution in [0.15, 0.2) is 18.2 Å². The molecule has 0 aliphatic heterocycles. The van der Waals surface area contributed by atoms with Gasteiger partial charge in [0.15, 0.2) is 0 Å². The monoisotopic (exact) mass is 251 g/mol. The number of carboxylic acids is 1. The predicted molar refractivity (Wildman–Crippen MR) is 71.0 cm³/mol. The Balaban J connectivity index is 2.93. The van der Waals surface area contributed by atoms with Crippen molar-refractivity contribution in [3.05, 3.63) is 29.3 Å². The largest absolute Gasteiger partial charge is 0.496 e. The fraction of sp³-hybridized carbons (Fsp3) is 0.500. The molecule has 0 aromatic heterocycles. The Bertz CT molecular complexity index is 431. The van der Waals surface area contributed by atoms with Crippen molar-refractivity contribution in [3.63, 3.8) is 0 Å². The lowest BCUT2D eigenvalue weighted by molar-refractivity contribution is -0.142. The number of rotatable bonds is 5. The Hall–Kier alpha value is -1.55. The summed E-state index contributed by atoms with van der Waals surface area (Å²) in [4.78, 5) is 12.8. The second-order valence-electron chi connectivity index (χ2n) is 4.58. The highest BCUT2D eigenvalue weighted by Gasteiger charge is 2.22. The van der Waals surface area contributed by atoms with E-state index in [0.717, 1.165) is 16.9 Å². The maximum absolute atomic E-state index is 11.0. The lowest BCUT2D eigenvalue weighted by atomic mass is 10.0. The molecular formula is C14H21NO3. The maximum atomic E-state index is 11.0. The van der Waals surface area contributed by atoms with Crippen LogP contribution in [0.25, 0.3) is 0 Å². The molecule has 1 aromatic rings. The standard InChI is InChI=1S/C14H21NO3/c1-9-8-12(6-7-13(9)18-5)10(2)15(4)11(3)14(16)17/h6-8,10-11H,1-5H3,(H,16,17). The zero-order valence-electron chi connectivity index (χ0n) is 11.6. The highest BCUT2D eigenvalue weighted by Crippen LogP contribution is 2.26. The molecule has 0 fully saturated rings. The fourth-order valence-electron chi connectivity index (χ4n) is 1.91. The van der Waals surface area contributed by atoms with Crippen LogP contribution < -0.4 is 4.74 Å². The molecule has 4 nitrogen and oxygen atoms in total. The third-order valence-corrected chi connectivity index (χ3v) is 3.48. The fourth-order valence-corrected chi connectivity index (χ4v) is 1.91. The Labute approximate surface area is 108 Å². The first-order valence-electron chi connectivity index (χ1n) is 5.97. The summed E-state index contributed by atoms with van der Waals surface area (Å²) < 4.78 is 5.22. The van der Waals surface area contributed by atoms with Crippen LogP contribution >= 0.6 is 0 Å². The van der Waals surface area contributed by atoms with Gasteiger partial charge in [0, 0.05) is 6.04 Å². The van der Waals surface area contributed by atoms with Crippen LogP contribution in [0.3, 0.4) is 0 Å². The van der Waals surface area contributed by atoms with Crippen LogP contribution in [0.1, 0.15) is 31.0 Å². The first-order valence-corrected chi connectivity index (χ1v) is 5.97. The molecule has 4 heteroatoms. The number of carbonyl (C=O) groups is 1. The molecule has 18 heavy (non-hydrogen) atoms. The lowest BCUT2D eigenvalue weighted by Gasteiger charge is -2.28. The molecule has 100 valence electrons. The van der Waals surface area contributed by atoms with Crippen molar-refractivity contribution in [2.45, 2.75) is 32.9 Å². The second kappa shape index (κ2) is 5.87. The van der Waals surface area contributed by atoms with Crippen molar-refractivity contribution >= 4 is 5.97 Å². The number of aliphatic carboxylic acids is 1. The number of carboxylic acid groups (broad SMARTS) is 1. The minimum atomic E-state index is -0.811. The summed E-state index contributed by atoms with van der Waals surface area (Å²) in [6.45, 7) is 5.67. The highest BCUT2D eigenvalue weighted by molar-refractivity contribution is 5.72. The molecule has 0 heterocycles. The van der Waals surface area contributed by atoms with E-state index in [0.29, 0.717) is 0 Å². The lowest BCUT2D eigenvalue weighted by Crippen LogP contribution is -2.37. The van der Waals surface area contributed by atoms with Crippen LogP contribution in [-0.2, 0) is 4.79 Å². The zero-order chi connectivity index (χ0) is 13.9. The summed E-state index contributed by atoms with van der Waals surface area (Å²) in [5.41, 5.74) is 2.14. The Morgan fingerprint density at radius 3 is 2.44 bits per heavy atom. The summed E-state index contributed by atoms with van der Waals surface area (Å²) in [6.07, 6.45) is 0. The van der Waals surface area contributed by atoms with E-state index in [1.807, 2.05) is 44.0 Å². The average molecular weight is 251 g/mol. The molecule has 0 saturated carbocycles. The number of hydrogen-bond donors (Lipinski definition) is 1. The van der Waals surface area contributed by atoms with Crippen LogP contribution in [0.2, 0.25) is 0 Å². The summed E-state index contributed by atoms with van der Waals surface area (Å²) in [5.74, 6) is 0.0365. The molecule has 0 saturated heterocycles. The third-order valence-electron chi connectivity index (χ3n) is 3.48. The van der Waals surface area contributed by atoms with Gasteiger partial charge in [-0.05, 0) is 45.0 Å². The summed E-state index contributed by atoms with van der Waals surface area (Å²) in [6, 6.07) is 5.46. The molecule has 1 aromatic carbocycles. The van der Waals surface area contributed by atoms with Gasteiger partial charge in [-0.15, -0.1) is 0 Å². The molecule has 1 rings (SSSR count). The van der Waals surface area contributed by atoms with Gasteiger partial charge in [0.1, 0.15) is 11.8 Å². The number of ether oxygens (including phenoxy) is 1. The number of aryl methyl sites for hydroxylation is 1. The van der Waals surface area contributed by atoms with Crippen molar-refractivity contribution in [2.24, 2.45) is 0 Å². The van der Waals surface area contributed by atoms with Crippen molar-refractivity contribution in [1.29, 1.82) is 0 Å². The quantitative estimate of drug-likeness (QED) is 0.873. The number of methoxy groups -OCH3 is 1. The number of likely N-dealkylation sites (N-methyl/N-ethyl adjacent to an activating group) is 1. The first-order chi connectivity index (χ1) is 8.38. The molecular weight excluding hydrogens is 230 g/mol. The third kappa shape index (κ3) is 3.01. The van der Waals surface area contributed by atoms with Crippen LogP contribution in [0.4, 0.5) is 0 Å². The summed E-state index contributed by atoms with van der Waals surface area (Å²) in [5, 5.41) is 9.02. The van der Waals surface area contributed by atoms with E-state index in [9.17, 15) is 4.79 Å². The van der Waals surface area contributed by atoms with Gasteiger partial charge in [-0.1, -0.05) is 12.1 Å². The van der Waals surface area contributed by atoms with Gasteiger partial charge >= 0.3 is 5.97 Å². The van der Waals surface area contributed by atoms with E-state index in [2.05, 4.69) is 0 Å². The van der Waals surface area contributed by atoms with Gasteiger partial charge in [-0.3, -0.25) is 9.69 Å². The Morgan fingerprint density at radius 2 is 2.00 bits per heavy atom. The molecule has 0 amide bonds. The first kappa shape index (κ1) is 14.5. The minimum Gasteiger partial charge on any atom is -0.496 e. The SMILES string of the molecule is COc1ccc(C(C)N(C)C(C)C(=O)O)cc1C. The molecule has 0 radical (unpaired) electrons. The van der Waals surface area contributed by atoms with E-state index in [-0.39, 0.29) is 6.04 Å². The van der Waals surface area contributed by atoms with Gasteiger partial charge in [-0.25, -0.2) is 0 Å². The maximum Gasteiger partial charge on any atom is 0.320 e. The minimum absolute atomic E-state index is 0.0423. The van der Waals surface area contributed by atoms with E-state index in [4.69, 9.17) is 9.84 Å². The van der Waals surface area contributed by atoms with E-state index >= 15 is 0 Å². The van der Waals surface area contributed by atoms with E-state index in [1.54, 1.807) is 14.0 Å². The van der Waals surface area contributed by atoms with Gasteiger partial charge in [0.2, 0.25) is 0 Å². The number of hydrogen-bond acceptors (Lipinski definition) is 3. The van der Waals surface area contributed by atoms with Gasteiger partial charge in [0.05, 0.1) is 7.11 Å². The van der Waals surface area contributed by atoms with Crippen molar-refractivity contribution in [3.8, 4) is 5.75 Å². The van der Waals surface area contributed by atoms with Gasteiger partial charge in [0.25, 0.3) is 0 Å². The molecule has 0 bridgehead atoms. The van der Waals surface area contributed by atoms with E-state index < -0.39 is 12.0 Å². The number of benzene rings is 1. The molecule has 2 atom stereocenters. The van der Waals surface area contributed by atoms with Crippen molar-refractivity contribution in [1.82, 2.24) is 4.90 Å². The normalized spacial score (nSPS) is 14.3. The van der Waals surface area contributed by atoms with Crippen LogP contribution in [0, 0.1) is 6.92 Å². The molecule has 0 spiro atoms. The second-order valence-corrected chi connectivity index (χ2v) is 4.58. The Morgan fingerprint density at radius 1 is 1.39 bits per heavy atom. The van der Waals surface area contributed by atoms with Gasteiger partial charge in [-0.2, -0.15) is 0 Å². The topological polar surface area (TPSA) is 49.8 Å². The molecule has 2 unspecified atom stereocenters.